The Bertz CT molecular complexity index is 929. The van der Waals surface area contributed by atoms with Gasteiger partial charge in [-0.1, -0.05) is 30.3 Å². The molecule has 5 nitrogen and oxygen atoms in total. The number of para-hydroxylation sites is 1. The SMILES string of the molecule is COc1ccccc1CN(C)C(=O)c1ccc(Cn2nc(C)cc2C)cc1. The first-order valence-corrected chi connectivity index (χ1v) is 8.95. The van der Waals surface area contributed by atoms with Crippen LogP contribution in [0.15, 0.2) is 54.6 Å². The lowest BCUT2D eigenvalue weighted by Gasteiger charge is -2.19. The molecule has 2 aromatic carbocycles. The van der Waals surface area contributed by atoms with Gasteiger partial charge in [-0.2, -0.15) is 5.10 Å². The predicted molar refractivity (Wildman–Crippen MR) is 106 cm³/mol. The lowest BCUT2D eigenvalue weighted by molar-refractivity contribution is 0.0784. The summed E-state index contributed by atoms with van der Waals surface area (Å²) in [4.78, 5) is 14.4. The summed E-state index contributed by atoms with van der Waals surface area (Å²) in [5, 5.41) is 4.48. The van der Waals surface area contributed by atoms with E-state index in [2.05, 4.69) is 11.2 Å². The Kier molecular flexibility index (Phi) is 5.60. The van der Waals surface area contributed by atoms with Crippen LogP contribution in [-0.2, 0) is 13.1 Å². The van der Waals surface area contributed by atoms with Crippen molar-refractivity contribution in [3.05, 3.63) is 82.7 Å². The molecular weight excluding hydrogens is 338 g/mol. The third kappa shape index (κ3) is 4.37. The van der Waals surface area contributed by atoms with Gasteiger partial charge >= 0.3 is 0 Å². The highest BCUT2D eigenvalue weighted by Gasteiger charge is 2.14. The molecule has 0 radical (unpaired) electrons. The molecule has 1 aromatic heterocycles. The fraction of sp³-hybridized carbons (Fsp3) is 0.273. The minimum atomic E-state index is -0.0152. The van der Waals surface area contributed by atoms with Gasteiger partial charge in [0.2, 0.25) is 0 Å². The summed E-state index contributed by atoms with van der Waals surface area (Å²) < 4.78 is 7.34. The zero-order chi connectivity index (χ0) is 19.4. The Hall–Kier alpha value is -3.08. The summed E-state index contributed by atoms with van der Waals surface area (Å²) in [6.07, 6.45) is 0. The van der Waals surface area contributed by atoms with Crippen LogP contribution in [0.2, 0.25) is 0 Å². The summed E-state index contributed by atoms with van der Waals surface area (Å²) in [6, 6.07) is 17.5. The molecule has 27 heavy (non-hydrogen) atoms. The fourth-order valence-electron chi connectivity index (χ4n) is 3.14. The van der Waals surface area contributed by atoms with Crippen molar-refractivity contribution in [2.75, 3.05) is 14.2 Å². The highest BCUT2D eigenvalue weighted by Crippen LogP contribution is 2.20. The Morgan fingerprint density at radius 1 is 1.11 bits per heavy atom. The Morgan fingerprint density at radius 3 is 2.44 bits per heavy atom. The first kappa shape index (κ1) is 18.7. The molecule has 0 fully saturated rings. The third-order valence-electron chi connectivity index (χ3n) is 4.58. The lowest BCUT2D eigenvalue weighted by Crippen LogP contribution is -2.26. The third-order valence-corrected chi connectivity index (χ3v) is 4.58. The van der Waals surface area contributed by atoms with E-state index in [0.29, 0.717) is 18.7 Å². The van der Waals surface area contributed by atoms with Crippen molar-refractivity contribution in [1.82, 2.24) is 14.7 Å². The molecule has 0 saturated heterocycles. The summed E-state index contributed by atoms with van der Waals surface area (Å²) in [5.74, 6) is 0.774. The molecule has 1 heterocycles. The topological polar surface area (TPSA) is 47.4 Å². The van der Waals surface area contributed by atoms with Gasteiger partial charge in [-0.05, 0) is 43.7 Å². The normalized spacial score (nSPS) is 10.7. The number of methoxy groups -OCH3 is 1. The van der Waals surface area contributed by atoms with E-state index >= 15 is 0 Å². The quantitative estimate of drug-likeness (QED) is 0.669. The number of amides is 1. The van der Waals surface area contributed by atoms with Crippen molar-refractivity contribution in [3.63, 3.8) is 0 Å². The van der Waals surface area contributed by atoms with E-state index in [-0.39, 0.29) is 5.91 Å². The lowest BCUT2D eigenvalue weighted by atomic mass is 10.1. The zero-order valence-corrected chi connectivity index (χ0v) is 16.3. The van der Waals surface area contributed by atoms with Crippen molar-refractivity contribution >= 4 is 5.91 Å². The van der Waals surface area contributed by atoms with E-state index in [1.807, 2.05) is 67.1 Å². The highest BCUT2D eigenvalue weighted by molar-refractivity contribution is 5.94. The summed E-state index contributed by atoms with van der Waals surface area (Å²) >= 11 is 0. The number of ether oxygens (including phenoxy) is 1. The highest BCUT2D eigenvalue weighted by atomic mass is 16.5. The number of nitrogens with zero attached hydrogens (tertiary/aromatic N) is 3. The van der Waals surface area contributed by atoms with Crippen LogP contribution in [0, 0.1) is 13.8 Å². The summed E-state index contributed by atoms with van der Waals surface area (Å²) in [7, 11) is 3.45. The molecule has 0 saturated carbocycles. The van der Waals surface area contributed by atoms with Crippen molar-refractivity contribution < 1.29 is 9.53 Å². The maximum Gasteiger partial charge on any atom is 0.253 e. The molecule has 0 aliphatic heterocycles. The largest absolute Gasteiger partial charge is 0.496 e. The molecular formula is C22H25N3O2. The van der Waals surface area contributed by atoms with Gasteiger partial charge < -0.3 is 9.64 Å². The standard InChI is InChI=1S/C22H25N3O2/c1-16-13-17(2)25(23-16)14-18-9-11-19(12-10-18)22(26)24(3)15-20-7-5-6-8-21(20)27-4/h5-13H,14-15H2,1-4H3. The maximum absolute atomic E-state index is 12.7. The number of hydrogen-bond acceptors (Lipinski definition) is 3. The smallest absolute Gasteiger partial charge is 0.253 e. The molecule has 3 rings (SSSR count). The van der Waals surface area contributed by atoms with Crippen LogP contribution in [0.4, 0.5) is 0 Å². The molecule has 0 spiro atoms. The van der Waals surface area contributed by atoms with Crippen molar-refractivity contribution in [2.45, 2.75) is 26.9 Å². The molecule has 0 bridgehead atoms. The van der Waals surface area contributed by atoms with Crippen molar-refractivity contribution in [3.8, 4) is 5.75 Å². The number of hydrogen-bond donors (Lipinski definition) is 0. The van der Waals surface area contributed by atoms with E-state index in [1.54, 1.807) is 19.1 Å². The molecule has 5 heteroatoms. The van der Waals surface area contributed by atoms with Crippen molar-refractivity contribution in [2.24, 2.45) is 0 Å². The van der Waals surface area contributed by atoms with Gasteiger partial charge in [0.15, 0.2) is 0 Å². The minimum absolute atomic E-state index is 0.0152. The van der Waals surface area contributed by atoms with Crippen LogP contribution in [0.1, 0.15) is 32.9 Å². The van der Waals surface area contributed by atoms with Gasteiger partial charge in [0.05, 0.1) is 19.3 Å². The molecule has 0 aliphatic rings. The summed E-state index contributed by atoms with van der Waals surface area (Å²) in [6.45, 7) is 5.23. The van der Waals surface area contributed by atoms with E-state index < -0.39 is 0 Å². The predicted octanol–water partition coefficient (Wildman–Crippen LogP) is 3.83. The van der Waals surface area contributed by atoms with Crippen molar-refractivity contribution in [1.29, 1.82) is 0 Å². The minimum Gasteiger partial charge on any atom is -0.496 e. The van der Waals surface area contributed by atoms with Gasteiger partial charge in [0, 0.05) is 30.4 Å². The van der Waals surface area contributed by atoms with Gasteiger partial charge in [-0.15, -0.1) is 0 Å². The van der Waals surface area contributed by atoms with Crippen LogP contribution < -0.4 is 4.74 Å². The van der Waals surface area contributed by atoms with Crippen LogP contribution >= 0.6 is 0 Å². The molecule has 3 aromatic rings. The molecule has 0 atom stereocenters. The average Bonchev–Trinajstić information content (AvgIpc) is 2.99. The number of rotatable bonds is 6. The maximum atomic E-state index is 12.7. The van der Waals surface area contributed by atoms with E-state index in [4.69, 9.17) is 4.74 Å². The number of aryl methyl sites for hydroxylation is 2. The first-order valence-electron chi connectivity index (χ1n) is 8.95. The molecule has 1 amide bonds. The van der Waals surface area contributed by atoms with Crippen LogP contribution in [-0.4, -0.2) is 34.7 Å². The molecule has 0 aliphatic carbocycles. The second-order valence-electron chi connectivity index (χ2n) is 6.75. The number of carbonyl (C=O) groups excluding carboxylic acids is 1. The monoisotopic (exact) mass is 363 g/mol. The fourth-order valence-corrected chi connectivity index (χ4v) is 3.14. The Balaban J connectivity index is 1.68. The van der Waals surface area contributed by atoms with Gasteiger partial charge in [0.1, 0.15) is 5.75 Å². The van der Waals surface area contributed by atoms with Crippen LogP contribution in [0.25, 0.3) is 0 Å². The number of carbonyl (C=O) groups is 1. The number of aromatic nitrogens is 2. The van der Waals surface area contributed by atoms with E-state index in [9.17, 15) is 4.79 Å². The zero-order valence-electron chi connectivity index (χ0n) is 16.3. The second-order valence-corrected chi connectivity index (χ2v) is 6.75. The first-order chi connectivity index (χ1) is 13.0. The second kappa shape index (κ2) is 8.08. The van der Waals surface area contributed by atoms with E-state index in [1.165, 1.54) is 0 Å². The number of benzene rings is 2. The molecule has 0 N–H and O–H groups in total. The summed E-state index contributed by atoms with van der Waals surface area (Å²) in [5.41, 5.74) is 4.91. The van der Waals surface area contributed by atoms with Crippen LogP contribution in [0.3, 0.4) is 0 Å². The average molecular weight is 363 g/mol. The Morgan fingerprint density at radius 2 is 1.81 bits per heavy atom. The van der Waals surface area contributed by atoms with Gasteiger partial charge in [-0.25, -0.2) is 0 Å². The van der Waals surface area contributed by atoms with Crippen LogP contribution in [0.5, 0.6) is 5.75 Å². The molecule has 140 valence electrons. The van der Waals surface area contributed by atoms with E-state index in [0.717, 1.165) is 28.3 Å². The molecule has 0 unspecified atom stereocenters. The van der Waals surface area contributed by atoms with Gasteiger partial charge in [0.25, 0.3) is 5.91 Å². The Labute approximate surface area is 160 Å². The van der Waals surface area contributed by atoms with Gasteiger partial charge in [-0.3, -0.25) is 9.48 Å².